The van der Waals surface area contributed by atoms with E-state index in [9.17, 15) is 27.9 Å². The molecular formula is C24H15F3N4O3S. The predicted molar refractivity (Wildman–Crippen MR) is 124 cm³/mol. The summed E-state index contributed by atoms with van der Waals surface area (Å²) in [7, 11) is 0. The van der Waals surface area contributed by atoms with Gasteiger partial charge in [0.15, 0.2) is 0 Å². The lowest BCUT2D eigenvalue weighted by Crippen LogP contribution is -2.11. The summed E-state index contributed by atoms with van der Waals surface area (Å²) in [6.45, 7) is 0. The molecule has 11 heteroatoms. The Kier molecular flexibility index (Phi) is 5.21. The van der Waals surface area contributed by atoms with Gasteiger partial charge in [0.25, 0.3) is 0 Å². The average molecular weight is 496 g/mol. The normalized spacial score (nSPS) is 11.7. The van der Waals surface area contributed by atoms with E-state index < -0.39 is 23.6 Å². The first-order valence-electron chi connectivity index (χ1n) is 10.1. The summed E-state index contributed by atoms with van der Waals surface area (Å²) in [6.07, 6.45) is -0.254. The van der Waals surface area contributed by atoms with Crippen LogP contribution in [0.5, 0.6) is 0 Å². The van der Waals surface area contributed by atoms with Crippen LogP contribution < -0.4 is 5.73 Å². The van der Waals surface area contributed by atoms with Crippen LogP contribution in [0.3, 0.4) is 0 Å². The van der Waals surface area contributed by atoms with Crippen molar-refractivity contribution in [3.05, 3.63) is 89.3 Å². The predicted octanol–water partition coefficient (Wildman–Crippen LogP) is 5.36. The van der Waals surface area contributed by atoms with Gasteiger partial charge in [-0.1, -0.05) is 6.07 Å². The molecule has 0 aliphatic carbocycles. The fourth-order valence-corrected chi connectivity index (χ4v) is 4.83. The maximum absolute atomic E-state index is 14.2. The van der Waals surface area contributed by atoms with Crippen LogP contribution in [0.1, 0.15) is 25.6 Å². The molecule has 0 saturated heterocycles. The number of thiophene rings is 1. The summed E-state index contributed by atoms with van der Waals surface area (Å²) >= 11 is 0.964. The molecule has 0 radical (unpaired) electrons. The lowest BCUT2D eigenvalue weighted by molar-refractivity contribution is -0.137. The van der Waals surface area contributed by atoms with Crippen molar-refractivity contribution in [3.63, 3.8) is 0 Å². The third-order valence-electron chi connectivity index (χ3n) is 5.50. The van der Waals surface area contributed by atoms with E-state index in [-0.39, 0.29) is 27.4 Å². The fraction of sp³-hybridized carbons (Fsp3) is 0.0417. The summed E-state index contributed by atoms with van der Waals surface area (Å²) < 4.78 is 46.2. The lowest BCUT2D eigenvalue weighted by atomic mass is 10.0. The number of nitrogens with two attached hydrogens (primary N) is 1. The Morgan fingerprint density at radius 3 is 2.31 bits per heavy atom. The zero-order valence-electron chi connectivity index (χ0n) is 17.7. The molecule has 0 saturated carbocycles. The van der Waals surface area contributed by atoms with E-state index in [4.69, 9.17) is 5.73 Å². The highest BCUT2D eigenvalue weighted by Gasteiger charge is 2.35. The van der Waals surface area contributed by atoms with E-state index >= 15 is 0 Å². The Bertz CT molecular complexity index is 1580. The molecule has 3 N–H and O–H groups in total. The van der Waals surface area contributed by atoms with Gasteiger partial charge < -0.3 is 20.0 Å². The van der Waals surface area contributed by atoms with Gasteiger partial charge >= 0.3 is 12.1 Å². The van der Waals surface area contributed by atoms with Crippen LogP contribution in [0.2, 0.25) is 0 Å². The molecule has 0 bridgehead atoms. The van der Waals surface area contributed by atoms with Crippen LogP contribution in [0.4, 0.5) is 13.2 Å². The number of primary amides is 1. The van der Waals surface area contributed by atoms with Crippen LogP contribution in [-0.4, -0.2) is 31.1 Å². The Labute approximate surface area is 199 Å². The molecule has 5 aromatic rings. The minimum atomic E-state index is -4.67. The highest BCUT2D eigenvalue weighted by Crippen LogP contribution is 2.42. The number of hydrogen-bond donors (Lipinski definition) is 2. The molecular weight excluding hydrogens is 481 g/mol. The molecule has 5 rings (SSSR count). The van der Waals surface area contributed by atoms with Crippen LogP contribution in [0.25, 0.3) is 32.8 Å². The van der Waals surface area contributed by atoms with E-state index in [0.717, 1.165) is 17.4 Å². The van der Waals surface area contributed by atoms with Crippen LogP contribution in [-0.2, 0) is 6.18 Å². The zero-order chi connectivity index (χ0) is 24.9. The minimum Gasteiger partial charge on any atom is -0.477 e. The number of carboxylic acids is 1. The molecule has 3 heterocycles. The monoisotopic (exact) mass is 496 g/mol. The lowest BCUT2D eigenvalue weighted by Gasteiger charge is -2.17. The highest BCUT2D eigenvalue weighted by atomic mass is 32.1. The van der Waals surface area contributed by atoms with Crippen molar-refractivity contribution in [3.8, 4) is 22.6 Å². The number of fused-ring (bicyclic) bond motifs is 1. The number of nitrogens with zero attached hydrogens (tertiary/aromatic N) is 3. The molecule has 7 nitrogen and oxygen atoms in total. The Morgan fingerprint density at radius 2 is 1.71 bits per heavy atom. The number of carboxylic acid groups (broad SMARTS) is 1. The molecule has 1 amide bonds. The van der Waals surface area contributed by atoms with Crippen LogP contribution in [0.15, 0.2) is 73.3 Å². The molecule has 0 aliphatic heterocycles. The second-order valence-electron chi connectivity index (χ2n) is 7.64. The van der Waals surface area contributed by atoms with Gasteiger partial charge in [0.05, 0.1) is 27.8 Å². The molecule has 3 aromatic heterocycles. The number of amides is 1. The van der Waals surface area contributed by atoms with Crippen molar-refractivity contribution in [2.45, 2.75) is 6.18 Å². The number of halogens is 3. The second kappa shape index (κ2) is 8.13. The van der Waals surface area contributed by atoms with E-state index in [2.05, 4.69) is 4.98 Å². The SMILES string of the molecule is NC(=O)c1ccc(-n2c(-c3ccc(-n4ccnc4)cc3C(F)(F)F)cc3sc(C(=O)O)cc32)cc1. The standard InChI is InChI=1S/C24H15F3N4O3S/c25-24(26,27)17-9-15(30-8-7-29-12-30)5-6-16(17)18-10-20-19(11-21(35-20)23(33)34)31(18)14-3-1-13(2-4-14)22(28)32/h1-12H,(H2,28,32)(H,33,34). The number of aromatic nitrogens is 3. The number of benzene rings is 2. The van der Waals surface area contributed by atoms with E-state index in [0.29, 0.717) is 15.9 Å². The van der Waals surface area contributed by atoms with E-state index in [1.54, 1.807) is 29.0 Å². The molecule has 0 spiro atoms. The van der Waals surface area contributed by atoms with Gasteiger partial charge in [0, 0.05) is 34.9 Å². The van der Waals surface area contributed by atoms with Crippen molar-refractivity contribution >= 4 is 33.4 Å². The number of rotatable bonds is 5. The first-order chi connectivity index (χ1) is 16.6. The zero-order valence-corrected chi connectivity index (χ0v) is 18.5. The minimum absolute atomic E-state index is 0.0514. The first kappa shape index (κ1) is 22.4. The number of alkyl halides is 3. The smallest absolute Gasteiger partial charge is 0.417 e. The summed E-state index contributed by atoms with van der Waals surface area (Å²) in [5.74, 6) is -1.78. The van der Waals surface area contributed by atoms with Crippen molar-refractivity contribution in [2.75, 3.05) is 0 Å². The third kappa shape index (κ3) is 3.95. The van der Waals surface area contributed by atoms with Gasteiger partial charge in [0.2, 0.25) is 5.91 Å². The summed E-state index contributed by atoms with van der Waals surface area (Å²) in [6, 6.07) is 13.0. The number of imidazole rings is 1. The Balaban J connectivity index is 1.78. The van der Waals surface area contributed by atoms with E-state index in [1.165, 1.54) is 47.4 Å². The number of aromatic carboxylic acids is 1. The van der Waals surface area contributed by atoms with Crippen molar-refractivity contribution < 1.29 is 27.9 Å². The molecule has 0 unspecified atom stereocenters. The average Bonchev–Trinajstić information content (AvgIpc) is 3.54. The van der Waals surface area contributed by atoms with Crippen molar-refractivity contribution in [1.82, 2.24) is 14.1 Å². The Morgan fingerprint density at radius 1 is 1.00 bits per heavy atom. The second-order valence-corrected chi connectivity index (χ2v) is 8.72. The van der Waals surface area contributed by atoms with Crippen molar-refractivity contribution in [2.24, 2.45) is 5.73 Å². The molecule has 35 heavy (non-hydrogen) atoms. The van der Waals surface area contributed by atoms with Gasteiger partial charge in [-0.05, 0) is 48.5 Å². The molecule has 176 valence electrons. The topological polar surface area (TPSA) is 103 Å². The molecule has 0 atom stereocenters. The molecule has 0 fully saturated rings. The highest BCUT2D eigenvalue weighted by molar-refractivity contribution is 7.20. The summed E-state index contributed by atoms with van der Waals surface area (Å²) in [5, 5.41) is 9.41. The molecule has 2 aromatic carbocycles. The van der Waals surface area contributed by atoms with Gasteiger partial charge in [0.1, 0.15) is 4.88 Å². The number of carbonyl (C=O) groups excluding carboxylic acids is 1. The van der Waals surface area contributed by atoms with Crippen LogP contribution in [0, 0.1) is 0 Å². The van der Waals surface area contributed by atoms with E-state index in [1.807, 2.05) is 0 Å². The summed E-state index contributed by atoms with van der Waals surface area (Å²) in [4.78, 5) is 26.9. The maximum atomic E-state index is 14.2. The van der Waals surface area contributed by atoms with Crippen LogP contribution >= 0.6 is 11.3 Å². The fourth-order valence-electron chi connectivity index (χ4n) is 3.91. The molecule has 0 aliphatic rings. The Hall–Kier alpha value is -4.38. The largest absolute Gasteiger partial charge is 0.477 e. The number of hydrogen-bond acceptors (Lipinski definition) is 4. The summed E-state index contributed by atoms with van der Waals surface area (Å²) in [5.41, 5.74) is 5.99. The number of carbonyl (C=O) groups is 2. The van der Waals surface area contributed by atoms with Gasteiger partial charge in [-0.15, -0.1) is 11.3 Å². The van der Waals surface area contributed by atoms with Gasteiger partial charge in [-0.3, -0.25) is 4.79 Å². The quantitative estimate of drug-likeness (QED) is 0.342. The maximum Gasteiger partial charge on any atom is 0.417 e. The third-order valence-corrected chi connectivity index (χ3v) is 6.56. The first-order valence-corrected chi connectivity index (χ1v) is 10.9. The van der Waals surface area contributed by atoms with Gasteiger partial charge in [-0.25, -0.2) is 9.78 Å². The van der Waals surface area contributed by atoms with Crippen molar-refractivity contribution in [1.29, 1.82) is 0 Å². The van der Waals surface area contributed by atoms with Gasteiger partial charge in [-0.2, -0.15) is 13.2 Å².